The third kappa shape index (κ3) is 6.57. The largest absolute Gasteiger partial charge is 0.354 e. The van der Waals surface area contributed by atoms with Gasteiger partial charge in [-0.15, -0.1) is 0 Å². The highest BCUT2D eigenvalue weighted by Gasteiger charge is 2.18. The minimum atomic E-state index is -3.21. The predicted molar refractivity (Wildman–Crippen MR) is 125 cm³/mol. The molecule has 2 rings (SSSR count). The molecule has 6 nitrogen and oxygen atoms in total. The van der Waals surface area contributed by atoms with Crippen molar-refractivity contribution < 1.29 is 8.42 Å². The van der Waals surface area contributed by atoms with Gasteiger partial charge in [0.25, 0.3) is 0 Å². The van der Waals surface area contributed by atoms with Crippen LogP contribution < -0.4 is 10.6 Å². The number of benzene rings is 2. The lowest BCUT2D eigenvalue weighted by Crippen LogP contribution is -2.43. The van der Waals surface area contributed by atoms with E-state index < -0.39 is 9.84 Å². The van der Waals surface area contributed by atoms with E-state index in [-0.39, 0.29) is 6.04 Å². The summed E-state index contributed by atoms with van der Waals surface area (Å²) in [6.45, 7) is 9.40. The van der Waals surface area contributed by atoms with Crippen molar-refractivity contribution >= 4 is 15.8 Å². The van der Waals surface area contributed by atoms with Gasteiger partial charge in [0, 0.05) is 26.4 Å². The summed E-state index contributed by atoms with van der Waals surface area (Å²) in [6, 6.07) is 16.2. The van der Waals surface area contributed by atoms with Crippen LogP contribution >= 0.6 is 0 Å². The van der Waals surface area contributed by atoms with Crippen molar-refractivity contribution in [3.8, 4) is 0 Å². The Morgan fingerprint density at radius 2 is 1.73 bits per heavy atom. The Hall–Kier alpha value is -2.38. The molecule has 0 aromatic heterocycles. The first-order valence-electron chi connectivity index (χ1n) is 10.3. The van der Waals surface area contributed by atoms with Crippen LogP contribution in [-0.4, -0.2) is 52.2 Å². The monoisotopic (exact) mass is 430 g/mol. The maximum Gasteiger partial charge on any atom is 0.191 e. The van der Waals surface area contributed by atoms with Crippen molar-refractivity contribution in [2.45, 2.75) is 38.3 Å². The number of sulfone groups is 1. The number of aryl methyl sites for hydroxylation is 1. The van der Waals surface area contributed by atoms with Crippen LogP contribution in [0.4, 0.5) is 0 Å². The van der Waals surface area contributed by atoms with Crippen LogP contribution in [0.3, 0.4) is 0 Å². The second kappa shape index (κ2) is 11.1. The van der Waals surface area contributed by atoms with E-state index in [1.165, 1.54) is 11.8 Å². The molecule has 164 valence electrons. The molecule has 0 fully saturated rings. The summed E-state index contributed by atoms with van der Waals surface area (Å²) in [6.07, 6.45) is 1.23. The minimum absolute atomic E-state index is 0.246. The number of hydrogen-bond donors (Lipinski definition) is 2. The highest BCUT2D eigenvalue weighted by molar-refractivity contribution is 7.90. The third-order valence-electron chi connectivity index (χ3n) is 5.22. The van der Waals surface area contributed by atoms with E-state index >= 15 is 0 Å². The number of likely N-dealkylation sites (N-methyl/N-ethyl adjacent to an activating group) is 1. The van der Waals surface area contributed by atoms with Gasteiger partial charge >= 0.3 is 0 Å². The van der Waals surface area contributed by atoms with E-state index in [0.29, 0.717) is 17.4 Å². The summed E-state index contributed by atoms with van der Waals surface area (Å²) in [4.78, 5) is 7.13. The molecule has 0 aliphatic heterocycles. The number of hydrogen-bond acceptors (Lipinski definition) is 4. The smallest absolute Gasteiger partial charge is 0.191 e. The number of aliphatic imine (C=N–C) groups is 1. The standard InChI is InChI=1S/C23H34N4O2S/c1-6-27(7-2)21(20-11-9-8-10-12-20)17-26-23(24-4)25-16-19-13-14-22(18(3)15-19)30(5,28)29/h8-15,21H,6-7,16-17H2,1-5H3,(H2,24,25,26). The quantitative estimate of drug-likeness (QED) is 0.472. The van der Waals surface area contributed by atoms with Gasteiger partial charge in [0.15, 0.2) is 15.8 Å². The molecule has 0 saturated heterocycles. The molecule has 2 aromatic rings. The van der Waals surface area contributed by atoms with E-state index in [2.05, 4.69) is 58.6 Å². The van der Waals surface area contributed by atoms with Crippen LogP contribution in [0.25, 0.3) is 0 Å². The van der Waals surface area contributed by atoms with E-state index in [1.807, 2.05) is 25.1 Å². The van der Waals surface area contributed by atoms with Gasteiger partial charge in [0.05, 0.1) is 10.9 Å². The summed E-state index contributed by atoms with van der Waals surface area (Å²) < 4.78 is 23.6. The van der Waals surface area contributed by atoms with E-state index in [9.17, 15) is 8.42 Å². The normalized spacial score (nSPS) is 13.3. The highest BCUT2D eigenvalue weighted by Crippen LogP contribution is 2.19. The Kier molecular flexibility index (Phi) is 8.87. The first-order chi connectivity index (χ1) is 14.3. The first kappa shape index (κ1) is 23.9. The molecule has 2 aromatic carbocycles. The number of guanidine groups is 1. The molecule has 30 heavy (non-hydrogen) atoms. The van der Waals surface area contributed by atoms with Gasteiger partial charge in [-0.1, -0.05) is 56.3 Å². The average molecular weight is 431 g/mol. The zero-order valence-electron chi connectivity index (χ0n) is 18.6. The number of nitrogens with one attached hydrogen (secondary N) is 2. The number of rotatable bonds is 9. The van der Waals surface area contributed by atoms with Crippen LogP contribution in [-0.2, 0) is 16.4 Å². The lowest BCUT2D eigenvalue weighted by molar-refractivity contribution is 0.219. The highest BCUT2D eigenvalue weighted by atomic mass is 32.2. The van der Waals surface area contributed by atoms with Crippen molar-refractivity contribution in [2.75, 3.05) is 32.9 Å². The minimum Gasteiger partial charge on any atom is -0.354 e. The Morgan fingerprint density at radius 3 is 2.27 bits per heavy atom. The Bertz CT molecular complexity index is 939. The average Bonchev–Trinajstić information content (AvgIpc) is 2.72. The van der Waals surface area contributed by atoms with Crippen LogP contribution in [0.1, 0.15) is 36.6 Å². The fourth-order valence-corrected chi connectivity index (χ4v) is 4.59. The van der Waals surface area contributed by atoms with Crippen LogP contribution in [0.15, 0.2) is 58.4 Å². The summed E-state index contributed by atoms with van der Waals surface area (Å²) in [5.74, 6) is 0.716. The first-order valence-corrected chi connectivity index (χ1v) is 12.2. The van der Waals surface area contributed by atoms with Crippen LogP contribution in [0.2, 0.25) is 0 Å². The van der Waals surface area contributed by atoms with Crippen molar-refractivity contribution in [1.82, 2.24) is 15.5 Å². The van der Waals surface area contributed by atoms with Crippen molar-refractivity contribution in [3.63, 3.8) is 0 Å². The van der Waals surface area contributed by atoms with Gasteiger partial charge in [-0.2, -0.15) is 0 Å². The lowest BCUT2D eigenvalue weighted by Gasteiger charge is -2.30. The second-order valence-corrected chi connectivity index (χ2v) is 9.31. The third-order valence-corrected chi connectivity index (χ3v) is 6.48. The van der Waals surface area contributed by atoms with E-state index in [1.54, 1.807) is 13.1 Å². The fourth-order valence-electron chi connectivity index (χ4n) is 3.63. The molecule has 0 bridgehead atoms. The zero-order valence-corrected chi connectivity index (χ0v) is 19.5. The van der Waals surface area contributed by atoms with Crippen LogP contribution in [0, 0.1) is 6.92 Å². The number of nitrogens with zero attached hydrogens (tertiary/aromatic N) is 2. The Morgan fingerprint density at radius 1 is 1.07 bits per heavy atom. The summed E-state index contributed by atoms with van der Waals surface area (Å²) in [5, 5.41) is 6.76. The molecule has 0 heterocycles. The van der Waals surface area contributed by atoms with Crippen molar-refractivity contribution in [2.24, 2.45) is 4.99 Å². The molecule has 0 aliphatic carbocycles. The topological polar surface area (TPSA) is 73.8 Å². The van der Waals surface area contributed by atoms with E-state index in [0.717, 1.165) is 30.8 Å². The maximum atomic E-state index is 11.8. The summed E-state index contributed by atoms with van der Waals surface area (Å²) in [5.41, 5.74) is 3.03. The van der Waals surface area contributed by atoms with Gasteiger partial charge in [0.2, 0.25) is 0 Å². The van der Waals surface area contributed by atoms with Crippen molar-refractivity contribution in [1.29, 1.82) is 0 Å². The molecule has 0 amide bonds. The predicted octanol–water partition coefficient (Wildman–Crippen LogP) is 3.15. The van der Waals surface area contributed by atoms with Crippen LogP contribution in [0.5, 0.6) is 0 Å². The maximum absolute atomic E-state index is 11.8. The molecule has 2 N–H and O–H groups in total. The molecule has 0 aliphatic rings. The molecule has 0 radical (unpaired) electrons. The molecule has 0 spiro atoms. The fraction of sp³-hybridized carbons (Fsp3) is 0.435. The molecule has 1 unspecified atom stereocenters. The Balaban J connectivity index is 2.03. The van der Waals surface area contributed by atoms with Gasteiger partial charge in [-0.25, -0.2) is 8.42 Å². The SMILES string of the molecule is CCN(CC)C(CNC(=NC)NCc1ccc(S(C)(=O)=O)c(C)c1)c1ccccc1. The lowest BCUT2D eigenvalue weighted by atomic mass is 10.1. The van der Waals surface area contributed by atoms with Gasteiger partial charge in [-0.05, 0) is 42.8 Å². The second-order valence-electron chi connectivity index (χ2n) is 7.33. The molecule has 0 saturated carbocycles. The molecule has 1 atom stereocenters. The van der Waals surface area contributed by atoms with E-state index in [4.69, 9.17) is 0 Å². The molecular weight excluding hydrogens is 396 g/mol. The van der Waals surface area contributed by atoms with Crippen molar-refractivity contribution in [3.05, 3.63) is 65.2 Å². The summed E-state index contributed by atoms with van der Waals surface area (Å²) >= 11 is 0. The Labute approximate surface area is 181 Å². The van der Waals surface area contributed by atoms with Gasteiger partial charge < -0.3 is 10.6 Å². The summed E-state index contributed by atoms with van der Waals surface area (Å²) in [7, 11) is -1.45. The molecule has 7 heteroatoms. The molecular formula is C23H34N4O2S. The zero-order chi connectivity index (χ0) is 22.1. The van der Waals surface area contributed by atoms with Gasteiger partial charge in [0.1, 0.15) is 0 Å². The van der Waals surface area contributed by atoms with Gasteiger partial charge in [-0.3, -0.25) is 9.89 Å².